The normalized spacial score (nSPS) is 11.8. The zero-order valence-corrected chi connectivity index (χ0v) is 10.8. The molecule has 0 bridgehead atoms. The van der Waals surface area contributed by atoms with Crippen molar-refractivity contribution in [3.05, 3.63) is 35.5 Å². The van der Waals surface area contributed by atoms with E-state index < -0.39 is 11.7 Å². The monoisotopic (exact) mass is 251 g/mol. The van der Waals surface area contributed by atoms with Crippen LogP contribution in [-0.4, -0.2) is 16.3 Å². The van der Waals surface area contributed by atoms with E-state index in [1.54, 1.807) is 6.07 Å². The second-order valence-electron chi connectivity index (χ2n) is 4.84. The maximum absolute atomic E-state index is 12.0. The summed E-state index contributed by atoms with van der Waals surface area (Å²) >= 11 is 6.05. The number of hydrogen-bond donors (Lipinski definition) is 0. The Morgan fingerprint density at radius 2 is 1.94 bits per heavy atom. The summed E-state index contributed by atoms with van der Waals surface area (Å²) in [4.78, 5) is 12.0. The molecule has 2 aromatic rings. The van der Waals surface area contributed by atoms with Crippen molar-refractivity contribution in [2.24, 2.45) is 0 Å². The molecule has 3 nitrogen and oxygen atoms in total. The predicted molar refractivity (Wildman–Crippen MR) is 68.6 cm³/mol. The van der Waals surface area contributed by atoms with Crippen molar-refractivity contribution in [1.82, 2.24) is 4.57 Å². The molecular weight excluding hydrogens is 238 g/mol. The van der Waals surface area contributed by atoms with Gasteiger partial charge in [0.05, 0.1) is 5.52 Å². The van der Waals surface area contributed by atoms with E-state index in [1.165, 1.54) is 4.57 Å². The van der Waals surface area contributed by atoms with Crippen molar-refractivity contribution in [3.63, 3.8) is 0 Å². The molecule has 0 spiro atoms. The zero-order chi connectivity index (χ0) is 12.6. The summed E-state index contributed by atoms with van der Waals surface area (Å²) in [5, 5.41) is 1.28. The molecule has 0 unspecified atom stereocenters. The van der Waals surface area contributed by atoms with Crippen LogP contribution < -0.4 is 0 Å². The molecule has 0 aliphatic carbocycles. The minimum absolute atomic E-state index is 0.362. The smallest absolute Gasteiger partial charge is 0.420 e. The van der Waals surface area contributed by atoms with Gasteiger partial charge >= 0.3 is 6.09 Å². The van der Waals surface area contributed by atoms with Gasteiger partial charge in [0.1, 0.15) is 10.8 Å². The maximum atomic E-state index is 12.0. The molecule has 90 valence electrons. The Labute approximate surface area is 105 Å². The van der Waals surface area contributed by atoms with Crippen molar-refractivity contribution in [2.45, 2.75) is 26.4 Å². The minimum Gasteiger partial charge on any atom is -0.443 e. The summed E-state index contributed by atoms with van der Waals surface area (Å²) in [5.41, 5.74) is 0.220. The van der Waals surface area contributed by atoms with E-state index in [0.717, 1.165) is 10.9 Å². The van der Waals surface area contributed by atoms with Gasteiger partial charge in [-0.1, -0.05) is 29.8 Å². The molecule has 0 saturated carbocycles. The second-order valence-corrected chi connectivity index (χ2v) is 5.23. The highest BCUT2D eigenvalue weighted by atomic mass is 35.5. The summed E-state index contributed by atoms with van der Waals surface area (Å²) in [7, 11) is 0. The van der Waals surface area contributed by atoms with E-state index in [-0.39, 0.29) is 0 Å². The lowest BCUT2D eigenvalue weighted by molar-refractivity contribution is 0.0545. The number of hydrogen-bond acceptors (Lipinski definition) is 2. The molecule has 0 radical (unpaired) electrons. The number of ether oxygens (including phenoxy) is 1. The lowest BCUT2D eigenvalue weighted by Crippen LogP contribution is -2.27. The average molecular weight is 252 g/mol. The summed E-state index contributed by atoms with van der Waals surface area (Å²) in [6.07, 6.45) is -0.455. The van der Waals surface area contributed by atoms with Crippen LogP contribution in [0.25, 0.3) is 10.9 Å². The first-order valence-corrected chi connectivity index (χ1v) is 5.75. The fourth-order valence-electron chi connectivity index (χ4n) is 1.61. The van der Waals surface area contributed by atoms with Crippen molar-refractivity contribution in [2.75, 3.05) is 0 Å². The Bertz CT molecular complexity index is 566. The third-order valence-electron chi connectivity index (χ3n) is 2.24. The molecule has 0 aliphatic rings. The Morgan fingerprint density at radius 3 is 2.59 bits per heavy atom. The predicted octanol–water partition coefficient (Wildman–Crippen LogP) is 4.08. The second kappa shape index (κ2) is 4.08. The number of rotatable bonds is 0. The van der Waals surface area contributed by atoms with Crippen LogP contribution in [0.3, 0.4) is 0 Å². The molecule has 0 aliphatic heterocycles. The van der Waals surface area contributed by atoms with Gasteiger partial charge < -0.3 is 4.74 Å². The highest BCUT2D eigenvalue weighted by Gasteiger charge is 2.21. The Balaban J connectivity index is 2.48. The first-order valence-electron chi connectivity index (χ1n) is 5.38. The van der Waals surface area contributed by atoms with Crippen molar-refractivity contribution in [1.29, 1.82) is 0 Å². The largest absolute Gasteiger partial charge is 0.443 e. The number of carbonyl (C=O) groups is 1. The van der Waals surface area contributed by atoms with Crippen LogP contribution in [0.2, 0.25) is 5.15 Å². The molecular formula is C13H14ClNO2. The first kappa shape index (κ1) is 12.0. The number of fused-ring (bicyclic) bond motifs is 1. The van der Waals surface area contributed by atoms with Gasteiger partial charge in [0.25, 0.3) is 0 Å². The number of para-hydroxylation sites is 1. The van der Waals surface area contributed by atoms with E-state index in [1.807, 2.05) is 45.0 Å². The van der Waals surface area contributed by atoms with Gasteiger partial charge in [0.2, 0.25) is 0 Å². The van der Waals surface area contributed by atoms with E-state index in [2.05, 4.69) is 0 Å². The SMILES string of the molecule is CC(C)(C)OC(=O)n1c(Cl)cc2ccccc21. The molecule has 1 heterocycles. The van der Waals surface area contributed by atoms with E-state index in [9.17, 15) is 4.79 Å². The van der Waals surface area contributed by atoms with Crippen LogP contribution >= 0.6 is 11.6 Å². The lowest BCUT2D eigenvalue weighted by atomic mass is 10.2. The van der Waals surface area contributed by atoms with Gasteiger partial charge in [-0.25, -0.2) is 9.36 Å². The third kappa shape index (κ3) is 2.44. The van der Waals surface area contributed by atoms with Crippen LogP contribution in [0.5, 0.6) is 0 Å². The molecule has 0 atom stereocenters. The molecule has 17 heavy (non-hydrogen) atoms. The molecule has 1 aromatic carbocycles. The quantitative estimate of drug-likeness (QED) is 0.707. The highest BCUT2D eigenvalue weighted by molar-refractivity contribution is 6.32. The van der Waals surface area contributed by atoms with E-state index in [4.69, 9.17) is 16.3 Å². The summed E-state index contributed by atoms with van der Waals surface area (Å²) in [6.45, 7) is 5.47. The Kier molecular flexibility index (Phi) is 2.87. The molecule has 2 rings (SSSR count). The standard InChI is InChI=1S/C13H14ClNO2/c1-13(2,3)17-12(16)15-10-7-5-4-6-9(10)8-11(15)14/h4-8H,1-3H3. The average Bonchev–Trinajstić information content (AvgIpc) is 2.50. The zero-order valence-electron chi connectivity index (χ0n) is 10.0. The van der Waals surface area contributed by atoms with Crippen LogP contribution in [0.1, 0.15) is 20.8 Å². The molecule has 0 amide bonds. The van der Waals surface area contributed by atoms with Gasteiger partial charge in [-0.15, -0.1) is 0 Å². The molecule has 0 N–H and O–H groups in total. The number of halogens is 1. The molecule has 1 aromatic heterocycles. The number of benzene rings is 1. The minimum atomic E-state index is -0.536. The van der Waals surface area contributed by atoms with Crippen LogP contribution in [0.15, 0.2) is 30.3 Å². The van der Waals surface area contributed by atoms with Crippen LogP contribution in [0.4, 0.5) is 4.79 Å². The van der Waals surface area contributed by atoms with Crippen molar-refractivity contribution < 1.29 is 9.53 Å². The highest BCUT2D eigenvalue weighted by Crippen LogP contribution is 2.24. The van der Waals surface area contributed by atoms with Gasteiger partial charge in [0.15, 0.2) is 0 Å². The van der Waals surface area contributed by atoms with Crippen LogP contribution in [0, 0.1) is 0 Å². The molecule has 0 saturated heterocycles. The summed E-state index contributed by atoms with van der Waals surface area (Å²) in [6, 6.07) is 9.26. The third-order valence-corrected chi connectivity index (χ3v) is 2.52. The van der Waals surface area contributed by atoms with E-state index in [0.29, 0.717) is 5.15 Å². The topological polar surface area (TPSA) is 31.2 Å². The van der Waals surface area contributed by atoms with Gasteiger partial charge in [-0.2, -0.15) is 0 Å². The van der Waals surface area contributed by atoms with Gasteiger partial charge in [-0.05, 0) is 32.9 Å². The number of aromatic nitrogens is 1. The van der Waals surface area contributed by atoms with Crippen molar-refractivity contribution >= 4 is 28.6 Å². The number of carbonyl (C=O) groups excluding carboxylic acids is 1. The fraction of sp³-hybridized carbons (Fsp3) is 0.308. The maximum Gasteiger partial charge on any atom is 0.420 e. The molecule has 4 heteroatoms. The summed E-state index contributed by atoms with van der Waals surface area (Å²) in [5.74, 6) is 0. The van der Waals surface area contributed by atoms with Crippen LogP contribution in [-0.2, 0) is 4.74 Å². The van der Waals surface area contributed by atoms with Gasteiger partial charge in [-0.3, -0.25) is 0 Å². The van der Waals surface area contributed by atoms with E-state index >= 15 is 0 Å². The fourth-order valence-corrected chi connectivity index (χ4v) is 1.89. The van der Waals surface area contributed by atoms with Crippen molar-refractivity contribution in [3.8, 4) is 0 Å². The molecule has 0 fully saturated rings. The first-order chi connectivity index (χ1) is 7.88. The Morgan fingerprint density at radius 1 is 1.29 bits per heavy atom. The summed E-state index contributed by atoms with van der Waals surface area (Å²) < 4.78 is 6.69. The lowest BCUT2D eigenvalue weighted by Gasteiger charge is -2.20. The Hall–Kier alpha value is -1.48. The van der Waals surface area contributed by atoms with Gasteiger partial charge in [0, 0.05) is 5.39 Å². The number of nitrogens with zero attached hydrogens (tertiary/aromatic N) is 1.